The van der Waals surface area contributed by atoms with Crippen LogP contribution in [-0.4, -0.2) is 41.3 Å². The van der Waals surface area contributed by atoms with Gasteiger partial charge in [-0.2, -0.15) is 5.10 Å². The topological polar surface area (TPSA) is 102 Å². The lowest BCUT2D eigenvalue weighted by molar-refractivity contribution is 0.582. The molecule has 0 unspecified atom stereocenters. The number of hydrogen-bond acceptors (Lipinski definition) is 6. The van der Waals surface area contributed by atoms with Gasteiger partial charge in [0.1, 0.15) is 10.0 Å². The van der Waals surface area contributed by atoms with Crippen molar-refractivity contribution in [1.29, 1.82) is 0 Å². The van der Waals surface area contributed by atoms with Crippen molar-refractivity contribution in [3.05, 3.63) is 29.3 Å². The largest absolute Gasteiger partial charge is 0.353 e. The summed E-state index contributed by atoms with van der Waals surface area (Å²) in [5.74, 6) is 0.437. The Bertz CT molecular complexity index is 716. The molecule has 114 valence electrons. The highest BCUT2D eigenvalue weighted by molar-refractivity contribution is 7.89. The zero-order chi connectivity index (χ0) is 15.5. The van der Waals surface area contributed by atoms with E-state index in [1.165, 1.54) is 4.68 Å². The van der Waals surface area contributed by atoms with Crippen LogP contribution in [-0.2, 0) is 17.1 Å². The molecule has 2 heterocycles. The molecule has 0 aliphatic rings. The van der Waals surface area contributed by atoms with E-state index in [1.807, 2.05) is 0 Å². The summed E-state index contributed by atoms with van der Waals surface area (Å²) in [5, 5.41) is 6.97. The fraction of sp³-hybridized carbons (Fsp3) is 0.364. The molecule has 2 aromatic heterocycles. The van der Waals surface area contributed by atoms with Crippen molar-refractivity contribution in [2.24, 2.45) is 7.05 Å². The first kappa shape index (κ1) is 15.7. The van der Waals surface area contributed by atoms with Gasteiger partial charge in [0.25, 0.3) is 0 Å². The normalized spacial score (nSPS) is 11.6. The lowest BCUT2D eigenvalue weighted by Gasteiger charge is -2.07. The fourth-order valence-electron chi connectivity index (χ4n) is 1.74. The van der Waals surface area contributed by atoms with Crippen LogP contribution in [0.3, 0.4) is 0 Å². The van der Waals surface area contributed by atoms with Gasteiger partial charge in [0.2, 0.25) is 16.0 Å². The molecule has 0 aliphatic carbocycles. The SMILES string of the molecule is Cc1nn(C)c(Cl)c1S(=O)(=O)NCCNc1ncccn1. The second-order valence-corrected chi connectivity index (χ2v) is 6.29. The van der Waals surface area contributed by atoms with Crippen molar-refractivity contribution in [2.45, 2.75) is 11.8 Å². The molecule has 2 aromatic rings. The van der Waals surface area contributed by atoms with Crippen molar-refractivity contribution in [3.8, 4) is 0 Å². The molecule has 0 aromatic carbocycles. The molecule has 0 bridgehead atoms. The quantitative estimate of drug-likeness (QED) is 0.750. The van der Waals surface area contributed by atoms with Crippen molar-refractivity contribution in [2.75, 3.05) is 18.4 Å². The van der Waals surface area contributed by atoms with Gasteiger partial charge in [-0.3, -0.25) is 4.68 Å². The Labute approximate surface area is 127 Å². The van der Waals surface area contributed by atoms with Crippen LogP contribution in [0.1, 0.15) is 5.69 Å². The molecule has 8 nitrogen and oxygen atoms in total. The summed E-state index contributed by atoms with van der Waals surface area (Å²) in [5.41, 5.74) is 0.356. The monoisotopic (exact) mass is 330 g/mol. The number of anilines is 1. The highest BCUT2D eigenvalue weighted by Crippen LogP contribution is 2.23. The Morgan fingerprint density at radius 3 is 2.52 bits per heavy atom. The molecule has 2 N–H and O–H groups in total. The number of aryl methyl sites for hydroxylation is 2. The second kappa shape index (κ2) is 6.37. The first-order valence-electron chi connectivity index (χ1n) is 6.11. The summed E-state index contributed by atoms with van der Waals surface area (Å²) in [4.78, 5) is 7.94. The molecule has 0 radical (unpaired) electrons. The van der Waals surface area contributed by atoms with E-state index in [9.17, 15) is 8.42 Å². The van der Waals surface area contributed by atoms with Crippen LogP contribution in [0.25, 0.3) is 0 Å². The first-order chi connectivity index (χ1) is 9.92. The third-order valence-corrected chi connectivity index (χ3v) is 4.79. The van der Waals surface area contributed by atoms with Crippen LogP contribution >= 0.6 is 11.6 Å². The lowest BCUT2D eigenvalue weighted by Crippen LogP contribution is -2.29. The Morgan fingerprint density at radius 1 is 1.29 bits per heavy atom. The summed E-state index contributed by atoms with van der Waals surface area (Å²) >= 11 is 5.95. The number of nitrogens with zero attached hydrogens (tertiary/aromatic N) is 4. The molecule has 0 fully saturated rings. The number of hydrogen-bond donors (Lipinski definition) is 2. The van der Waals surface area contributed by atoms with E-state index in [0.29, 0.717) is 18.2 Å². The third kappa shape index (κ3) is 3.69. The second-order valence-electron chi connectivity index (χ2n) is 4.23. The van der Waals surface area contributed by atoms with Crippen LogP contribution in [0, 0.1) is 6.92 Å². The summed E-state index contributed by atoms with van der Waals surface area (Å²) in [6.45, 7) is 2.11. The van der Waals surface area contributed by atoms with E-state index in [0.717, 1.165) is 0 Å². The van der Waals surface area contributed by atoms with Gasteiger partial charge in [-0.05, 0) is 13.0 Å². The van der Waals surface area contributed by atoms with Crippen molar-refractivity contribution >= 4 is 27.6 Å². The van der Waals surface area contributed by atoms with Crippen LogP contribution in [0.15, 0.2) is 23.4 Å². The van der Waals surface area contributed by atoms with Gasteiger partial charge in [0.15, 0.2) is 0 Å². The van der Waals surface area contributed by atoms with E-state index in [4.69, 9.17) is 11.6 Å². The van der Waals surface area contributed by atoms with Crippen molar-refractivity contribution < 1.29 is 8.42 Å². The summed E-state index contributed by atoms with van der Waals surface area (Å²) in [7, 11) is -2.12. The van der Waals surface area contributed by atoms with E-state index in [-0.39, 0.29) is 16.6 Å². The van der Waals surface area contributed by atoms with Crippen molar-refractivity contribution in [1.82, 2.24) is 24.5 Å². The lowest BCUT2D eigenvalue weighted by atomic mass is 10.5. The molecule has 2 rings (SSSR count). The average Bonchev–Trinajstić information content (AvgIpc) is 2.70. The van der Waals surface area contributed by atoms with Gasteiger partial charge in [-0.15, -0.1) is 0 Å². The van der Waals surface area contributed by atoms with E-state index in [1.54, 1.807) is 32.4 Å². The van der Waals surface area contributed by atoms with Crippen molar-refractivity contribution in [3.63, 3.8) is 0 Å². The average molecular weight is 331 g/mol. The highest BCUT2D eigenvalue weighted by atomic mass is 35.5. The van der Waals surface area contributed by atoms with Gasteiger partial charge >= 0.3 is 0 Å². The molecule has 0 spiro atoms. The number of sulfonamides is 1. The highest BCUT2D eigenvalue weighted by Gasteiger charge is 2.24. The molecule has 10 heteroatoms. The number of rotatable bonds is 6. The molecule has 0 saturated heterocycles. The molecule has 0 aliphatic heterocycles. The fourth-order valence-corrected chi connectivity index (χ4v) is 3.52. The smallest absolute Gasteiger partial charge is 0.245 e. The van der Waals surface area contributed by atoms with Gasteiger partial charge in [-0.1, -0.05) is 11.6 Å². The Morgan fingerprint density at radius 2 is 1.95 bits per heavy atom. The van der Waals surface area contributed by atoms with Gasteiger partial charge < -0.3 is 5.32 Å². The Kier molecular flexibility index (Phi) is 4.76. The predicted octanol–water partition coefficient (Wildman–Crippen LogP) is 0.562. The maximum absolute atomic E-state index is 12.2. The maximum Gasteiger partial charge on any atom is 0.245 e. The minimum atomic E-state index is -3.70. The van der Waals surface area contributed by atoms with E-state index in [2.05, 4.69) is 25.1 Å². The maximum atomic E-state index is 12.2. The van der Waals surface area contributed by atoms with Gasteiger partial charge in [-0.25, -0.2) is 23.1 Å². The summed E-state index contributed by atoms with van der Waals surface area (Å²) in [6.07, 6.45) is 3.19. The van der Waals surface area contributed by atoms with Crippen LogP contribution in [0.4, 0.5) is 5.95 Å². The van der Waals surface area contributed by atoms with Crippen LogP contribution < -0.4 is 10.0 Å². The van der Waals surface area contributed by atoms with E-state index < -0.39 is 10.0 Å². The van der Waals surface area contributed by atoms with E-state index >= 15 is 0 Å². The summed E-state index contributed by atoms with van der Waals surface area (Å²) in [6, 6.07) is 1.70. The van der Waals surface area contributed by atoms with Gasteiger partial charge in [0, 0.05) is 32.5 Å². The summed E-state index contributed by atoms with van der Waals surface area (Å²) < 4.78 is 28.2. The molecular formula is C11H15ClN6O2S. The third-order valence-electron chi connectivity index (χ3n) is 2.63. The number of halogens is 1. The standard InChI is InChI=1S/C11H15ClN6O2S/c1-8-9(10(12)18(2)17-8)21(19,20)16-7-6-15-11-13-4-3-5-14-11/h3-5,16H,6-7H2,1-2H3,(H,13,14,15). The molecule has 0 amide bonds. The zero-order valence-electron chi connectivity index (χ0n) is 11.5. The molecule has 0 atom stereocenters. The minimum Gasteiger partial charge on any atom is -0.353 e. The zero-order valence-corrected chi connectivity index (χ0v) is 13.1. The first-order valence-corrected chi connectivity index (χ1v) is 7.97. The van der Waals surface area contributed by atoms with Gasteiger partial charge in [0.05, 0.1) is 5.69 Å². The van der Waals surface area contributed by atoms with Crippen LogP contribution in [0.2, 0.25) is 5.15 Å². The predicted molar refractivity (Wildman–Crippen MR) is 78.7 cm³/mol. The Hall–Kier alpha value is -1.71. The Balaban J connectivity index is 1.96. The minimum absolute atomic E-state index is 0.00243. The molecule has 0 saturated carbocycles. The van der Waals surface area contributed by atoms with Crippen LogP contribution in [0.5, 0.6) is 0 Å². The molecular weight excluding hydrogens is 316 g/mol. The number of nitrogens with one attached hydrogen (secondary N) is 2. The molecule has 21 heavy (non-hydrogen) atoms. The number of aromatic nitrogens is 4.